The lowest BCUT2D eigenvalue weighted by molar-refractivity contribution is -0.385. The minimum Gasteiger partial charge on any atom is -0.465 e. The highest BCUT2D eigenvalue weighted by Gasteiger charge is 2.34. The third-order valence-electron chi connectivity index (χ3n) is 8.86. The van der Waals surface area contributed by atoms with E-state index in [0.717, 1.165) is 0 Å². The number of nitro benzene ring substituents is 2. The largest absolute Gasteiger partial charge is 0.465 e. The van der Waals surface area contributed by atoms with Gasteiger partial charge in [-0.15, -0.1) is 0 Å². The Hall–Kier alpha value is -7.61. The van der Waals surface area contributed by atoms with Crippen LogP contribution in [0.15, 0.2) is 143 Å². The maximum atomic E-state index is 14.9. The summed E-state index contributed by atoms with van der Waals surface area (Å²) < 4.78 is 7.44. The van der Waals surface area contributed by atoms with Crippen molar-refractivity contribution in [1.29, 1.82) is 0 Å². The number of methoxy groups -OCH3 is 1. The van der Waals surface area contributed by atoms with Crippen LogP contribution in [0.3, 0.4) is 0 Å². The Morgan fingerprint density at radius 1 is 0.604 bits per heavy atom. The zero-order valence-corrected chi connectivity index (χ0v) is 27.8. The van der Waals surface area contributed by atoms with Gasteiger partial charge in [-0.3, -0.25) is 40.0 Å². The molecule has 0 aliphatic rings. The molecule has 262 valence electrons. The molecule has 2 heterocycles. The van der Waals surface area contributed by atoms with Gasteiger partial charge in [-0.2, -0.15) is 0 Å². The smallest absolute Gasteiger partial charge is 0.337 e. The maximum Gasteiger partial charge on any atom is 0.337 e. The first-order valence-corrected chi connectivity index (χ1v) is 16.1. The molecule has 5 aromatic carbocycles. The number of aromatic amines is 2. The highest BCUT2D eigenvalue weighted by molar-refractivity contribution is 5.89. The summed E-state index contributed by atoms with van der Waals surface area (Å²) in [5.74, 6) is -1.66. The van der Waals surface area contributed by atoms with Crippen LogP contribution in [-0.4, -0.2) is 42.5 Å². The van der Waals surface area contributed by atoms with Crippen LogP contribution in [0, 0.1) is 20.2 Å². The van der Waals surface area contributed by atoms with E-state index in [9.17, 15) is 34.6 Å². The van der Waals surface area contributed by atoms with Crippen LogP contribution in [0.25, 0.3) is 33.9 Å². The number of nitrogens with zero attached hydrogens (tertiary/aromatic N) is 4. The number of ether oxygens (including phenoxy) is 1. The van der Waals surface area contributed by atoms with Crippen LogP contribution in [0.5, 0.6) is 0 Å². The molecule has 0 saturated heterocycles. The van der Waals surface area contributed by atoms with Crippen molar-refractivity contribution in [3.05, 3.63) is 197 Å². The van der Waals surface area contributed by atoms with Crippen molar-refractivity contribution in [2.45, 2.75) is 5.92 Å². The summed E-state index contributed by atoms with van der Waals surface area (Å²) in [4.78, 5) is 63.9. The van der Waals surface area contributed by atoms with Gasteiger partial charge in [0.25, 0.3) is 22.5 Å². The number of carbonyl (C=O) groups excluding carboxylic acids is 1. The van der Waals surface area contributed by atoms with Gasteiger partial charge in [-0.05, 0) is 53.1 Å². The average Bonchev–Trinajstić information content (AvgIpc) is 3.72. The van der Waals surface area contributed by atoms with Gasteiger partial charge in [-0.1, -0.05) is 72.8 Å². The van der Waals surface area contributed by atoms with Crippen LogP contribution in [0.4, 0.5) is 11.4 Å². The Morgan fingerprint density at radius 3 is 1.36 bits per heavy atom. The lowest BCUT2D eigenvalue weighted by atomic mass is 9.82. The molecule has 0 aliphatic carbocycles. The van der Waals surface area contributed by atoms with Crippen molar-refractivity contribution < 1.29 is 19.4 Å². The number of benzene rings is 5. The van der Waals surface area contributed by atoms with E-state index in [1.165, 1.54) is 65.0 Å². The van der Waals surface area contributed by atoms with E-state index < -0.39 is 32.9 Å². The molecule has 0 bridgehead atoms. The fourth-order valence-electron chi connectivity index (χ4n) is 6.30. The molecule has 0 fully saturated rings. The Morgan fingerprint density at radius 2 is 1.00 bits per heavy atom. The minimum absolute atomic E-state index is 0.160. The predicted octanol–water partition coefficient (Wildman–Crippen LogP) is 6.76. The first-order chi connectivity index (χ1) is 25.7. The normalized spacial score (nSPS) is 11.1. The van der Waals surface area contributed by atoms with Gasteiger partial charge < -0.3 is 4.74 Å². The Balaban J connectivity index is 1.56. The molecule has 0 aliphatic heterocycles. The van der Waals surface area contributed by atoms with Crippen molar-refractivity contribution in [2.75, 3.05) is 7.11 Å². The number of aromatic nitrogens is 4. The van der Waals surface area contributed by atoms with Gasteiger partial charge in [-0.25, -0.2) is 14.2 Å². The van der Waals surface area contributed by atoms with Gasteiger partial charge in [0.2, 0.25) is 0 Å². The van der Waals surface area contributed by atoms with Crippen molar-refractivity contribution in [2.24, 2.45) is 0 Å². The molecule has 14 heteroatoms. The van der Waals surface area contributed by atoms with Crippen molar-refractivity contribution in [1.82, 2.24) is 19.6 Å². The maximum absolute atomic E-state index is 14.9. The first kappa shape index (κ1) is 33.9. The lowest BCUT2D eigenvalue weighted by Crippen LogP contribution is -2.25. The minimum atomic E-state index is -1.08. The third kappa shape index (κ3) is 6.31. The van der Waals surface area contributed by atoms with Crippen molar-refractivity contribution in [3.63, 3.8) is 0 Å². The first-order valence-electron chi connectivity index (χ1n) is 16.1. The fourth-order valence-corrected chi connectivity index (χ4v) is 6.30. The van der Waals surface area contributed by atoms with Crippen LogP contribution in [-0.2, 0) is 4.74 Å². The number of hydrogen-bond acceptors (Lipinski definition) is 8. The third-order valence-corrected chi connectivity index (χ3v) is 8.86. The molecular formula is C39H28N6O8. The van der Waals surface area contributed by atoms with E-state index >= 15 is 0 Å². The van der Waals surface area contributed by atoms with Gasteiger partial charge in [0.1, 0.15) is 0 Å². The van der Waals surface area contributed by atoms with Crippen LogP contribution in [0.2, 0.25) is 0 Å². The Bertz CT molecular complexity index is 2440. The van der Waals surface area contributed by atoms with E-state index in [0.29, 0.717) is 39.5 Å². The van der Waals surface area contributed by atoms with Gasteiger partial charge in [0.15, 0.2) is 0 Å². The molecule has 0 spiro atoms. The summed E-state index contributed by atoms with van der Waals surface area (Å²) in [6, 6.07) is 35.4. The number of esters is 1. The van der Waals surface area contributed by atoms with Gasteiger partial charge in [0.05, 0.1) is 56.4 Å². The van der Waals surface area contributed by atoms with Crippen LogP contribution in [0.1, 0.15) is 33.0 Å². The summed E-state index contributed by atoms with van der Waals surface area (Å²) in [6.07, 6.45) is 0. The summed E-state index contributed by atoms with van der Waals surface area (Å²) in [5, 5.41) is 29.2. The van der Waals surface area contributed by atoms with E-state index in [1.807, 2.05) is 12.1 Å². The topological polar surface area (TPSA) is 188 Å². The molecule has 7 rings (SSSR count). The molecule has 2 aromatic heterocycles. The highest BCUT2D eigenvalue weighted by atomic mass is 16.6. The van der Waals surface area contributed by atoms with Crippen LogP contribution >= 0.6 is 0 Å². The lowest BCUT2D eigenvalue weighted by Gasteiger charge is -2.18. The second kappa shape index (κ2) is 14.0. The number of nitro groups is 2. The standard InChI is InChI=1S/C39H28N6O8/c1-53-39(48)27-14-12-24(13-15-27)32(33-35(25-8-4-2-5-9-25)40-42(37(33)46)28-16-20-30(21-17-28)44(49)50)34-36(26-10-6-3-7-11-26)41-43(38(34)47)29-18-22-31(23-19-29)45(51)52/h2-23,32,40-41H,1H3. The number of H-pyrrole nitrogens is 2. The molecular weight excluding hydrogens is 680 g/mol. The Kier molecular flexibility index (Phi) is 8.92. The second-order valence-electron chi connectivity index (χ2n) is 11.9. The quantitative estimate of drug-likeness (QED) is 0.0885. The van der Waals surface area contributed by atoms with E-state index in [1.54, 1.807) is 72.8 Å². The second-order valence-corrected chi connectivity index (χ2v) is 11.9. The molecule has 0 radical (unpaired) electrons. The highest BCUT2D eigenvalue weighted by Crippen LogP contribution is 2.39. The number of hydrogen-bond donors (Lipinski definition) is 2. The summed E-state index contributed by atoms with van der Waals surface area (Å²) >= 11 is 0. The summed E-state index contributed by atoms with van der Waals surface area (Å²) in [7, 11) is 1.26. The zero-order valence-electron chi connectivity index (χ0n) is 27.8. The molecule has 0 saturated carbocycles. The molecule has 0 unspecified atom stereocenters. The SMILES string of the molecule is COC(=O)c1ccc(C(c2c(-c3ccccc3)[nH]n(-c3ccc([N+](=O)[O-])cc3)c2=O)c2c(-c3ccccc3)[nH]n(-c3ccc([N+](=O)[O-])cc3)c2=O)cc1. The Labute approximate surface area is 299 Å². The van der Waals surface area contributed by atoms with Gasteiger partial charge >= 0.3 is 5.97 Å². The van der Waals surface area contributed by atoms with Crippen molar-refractivity contribution in [3.8, 4) is 33.9 Å². The number of carbonyl (C=O) groups is 1. The molecule has 0 amide bonds. The number of nitrogens with one attached hydrogen (secondary N) is 2. The number of rotatable bonds is 10. The van der Waals surface area contributed by atoms with Crippen LogP contribution < -0.4 is 11.1 Å². The van der Waals surface area contributed by atoms with Crippen molar-refractivity contribution >= 4 is 17.3 Å². The molecule has 53 heavy (non-hydrogen) atoms. The molecule has 2 N–H and O–H groups in total. The summed E-state index contributed by atoms with van der Waals surface area (Å²) in [6.45, 7) is 0. The monoisotopic (exact) mass is 708 g/mol. The molecule has 0 atom stereocenters. The molecule has 14 nitrogen and oxygen atoms in total. The average molecular weight is 709 g/mol. The summed E-state index contributed by atoms with van der Waals surface area (Å²) in [5.41, 5.74) is 2.26. The fraction of sp³-hybridized carbons (Fsp3) is 0.0513. The number of non-ortho nitro benzene ring substituents is 2. The zero-order chi connectivity index (χ0) is 37.2. The van der Waals surface area contributed by atoms with E-state index in [4.69, 9.17) is 4.74 Å². The van der Waals surface area contributed by atoms with E-state index in [2.05, 4.69) is 10.2 Å². The predicted molar refractivity (Wildman–Crippen MR) is 196 cm³/mol. The molecule has 7 aromatic rings. The van der Waals surface area contributed by atoms with Gasteiger partial charge in [0, 0.05) is 30.2 Å². The van der Waals surface area contributed by atoms with E-state index in [-0.39, 0.29) is 28.1 Å².